The summed E-state index contributed by atoms with van der Waals surface area (Å²) in [6, 6.07) is 8.76. The van der Waals surface area contributed by atoms with Crippen molar-refractivity contribution in [3.63, 3.8) is 0 Å². The number of hydrogen-bond donors (Lipinski definition) is 1. The molecule has 1 fully saturated rings. The Morgan fingerprint density at radius 3 is 2.44 bits per heavy atom. The zero-order valence-electron chi connectivity index (χ0n) is 9.73. The minimum atomic E-state index is 0.607. The standard InChI is InChI=1S/C14H20N2/c15-9-3-4-13-5-7-14(8-6-13)12-16-10-1-2-11-16/h3-8H,1-2,9-12,15H2/b4-3+. The Morgan fingerprint density at radius 1 is 1.12 bits per heavy atom. The van der Waals surface area contributed by atoms with E-state index in [2.05, 4.69) is 35.2 Å². The van der Waals surface area contributed by atoms with Gasteiger partial charge in [-0.1, -0.05) is 36.4 Å². The van der Waals surface area contributed by atoms with Crippen LogP contribution in [0, 0.1) is 0 Å². The molecule has 2 nitrogen and oxygen atoms in total. The van der Waals surface area contributed by atoms with Gasteiger partial charge in [-0.3, -0.25) is 4.90 Å². The first-order valence-corrected chi connectivity index (χ1v) is 6.06. The van der Waals surface area contributed by atoms with E-state index in [4.69, 9.17) is 5.73 Å². The van der Waals surface area contributed by atoms with Crippen molar-refractivity contribution in [2.45, 2.75) is 19.4 Å². The summed E-state index contributed by atoms with van der Waals surface area (Å²) in [5.41, 5.74) is 8.06. The number of nitrogens with zero attached hydrogens (tertiary/aromatic N) is 1. The minimum Gasteiger partial charge on any atom is -0.327 e. The summed E-state index contributed by atoms with van der Waals surface area (Å²) < 4.78 is 0. The fraction of sp³-hybridized carbons (Fsp3) is 0.429. The lowest BCUT2D eigenvalue weighted by molar-refractivity contribution is 0.331. The van der Waals surface area contributed by atoms with Crippen molar-refractivity contribution in [2.24, 2.45) is 5.73 Å². The van der Waals surface area contributed by atoms with Crippen molar-refractivity contribution < 1.29 is 0 Å². The Labute approximate surface area is 97.8 Å². The van der Waals surface area contributed by atoms with Crippen molar-refractivity contribution in [3.8, 4) is 0 Å². The van der Waals surface area contributed by atoms with Gasteiger partial charge in [0.1, 0.15) is 0 Å². The van der Waals surface area contributed by atoms with Crippen LogP contribution >= 0.6 is 0 Å². The fourth-order valence-corrected chi connectivity index (χ4v) is 2.14. The first kappa shape index (κ1) is 11.4. The molecule has 2 rings (SSSR count). The molecule has 0 amide bonds. The average Bonchev–Trinajstić information content (AvgIpc) is 2.81. The molecule has 86 valence electrons. The Bertz CT molecular complexity index is 334. The third-order valence-corrected chi connectivity index (χ3v) is 3.03. The van der Waals surface area contributed by atoms with Crippen LogP contribution in [0.5, 0.6) is 0 Å². The number of rotatable bonds is 4. The molecule has 0 unspecified atom stereocenters. The van der Waals surface area contributed by atoms with E-state index in [1.807, 2.05) is 6.08 Å². The smallest absolute Gasteiger partial charge is 0.0233 e. The van der Waals surface area contributed by atoms with E-state index in [1.54, 1.807) is 0 Å². The maximum absolute atomic E-state index is 5.42. The van der Waals surface area contributed by atoms with Gasteiger partial charge in [0.15, 0.2) is 0 Å². The lowest BCUT2D eigenvalue weighted by Gasteiger charge is -2.14. The van der Waals surface area contributed by atoms with Crippen LogP contribution in [-0.2, 0) is 6.54 Å². The molecule has 1 aromatic carbocycles. The normalized spacial score (nSPS) is 17.3. The summed E-state index contributed by atoms with van der Waals surface area (Å²) in [6.45, 7) is 4.22. The van der Waals surface area contributed by atoms with Gasteiger partial charge in [-0.15, -0.1) is 0 Å². The molecule has 1 heterocycles. The van der Waals surface area contributed by atoms with Crippen LogP contribution in [0.15, 0.2) is 30.3 Å². The summed E-state index contributed by atoms with van der Waals surface area (Å²) in [5, 5.41) is 0. The summed E-state index contributed by atoms with van der Waals surface area (Å²) in [4.78, 5) is 2.52. The van der Waals surface area contributed by atoms with Gasteiger partial charge in [-0.25, -0.2) is 0 Å². The van der Waals surface area contributed by atoms with Crippen LogP contribution in [0.25, 0.3) is 6.08 Å². The molecule has 1 aliphatic heterocycles. The van der Waals surface area contributed by atoms with E-state index < -0.39 is 0 Å². The van der Waals surface area contributed by atoms with E-state index in [-0.39, 0.29) is 0 Å². The second-order valence-electron chi connectivity index (χ2n) is 4.36. The molecule has 1 aliphatic rings. The molecule has 16 heavy (non-hydrogen) atoms. The van der Waals surface area contributed by atoms with Crippen molar-refractivity contribution in [1.29, 1.82) is 0 Å². The molecule has 1 aromatic rings. The number of nitrogens with two attached hydrogens (primary N) is 1. The molecule has 0 radical (unpaired) electrons. The second-order valence-corrected chi connectivity index (χ2v) is 4.36. The van der Waals surface area contributed by atoms with Gasteiger partial charge in [-0.05, 0) is 37.1 Å². The Morgan fingerprint density at radius 2 is 1.81 bits per heavy atom. The molecule has 1 saturated heterocycles. The lowest BCUT2D eigenvalue weighted by Crippen LogP contribution is -2.18. The van der Waals surface area contributed by atoms with Crippen LogP contribution in [0.1, 0.15) is 24.0 Å². The highest BCUT2D eigenvalue weighted by Gasteiger charge is 2.10. The molecule has 0 bridgehead atoms. The first-order chi connectivity index (χ1) is 7.88. The predicted molar refractivity (Wildman–Crippen MR) is 69.0 cm³/mol. The van der Waals surface area contributed by atoms with Crippen LogP contribution in [0.3, 0.4) is 0 Å². The third-order valence-electron chi connectivity index (χ3n) is 3.03. The van der Waals surface area contributed by atoms with E-state index >= 15 is 0 Å². The molecule has 2 heteroatoms. The van der Waals surface area contributed by atoms with Crippen LogP contribution in [0.4, 0.5) is 0 Å². The van der Waals surface area contributed by atoms with Gasteiger partial charge in [0.05, 0.1) is 0 Å². The predicted octanol–water partition coefficient (Wildman–Crippen LogP) is 2.25. The van der Waals surface area contributed by atoms with E-state index in [9.17, 15) is 0 Å². The highest BCUT2D eigenvalue weighted by Crippen LogP contribution is 2.13. The highest BCUT2D eigenvalue weighted by molar-refractivity contribution is 5.49. The Kier molecular flexibility index (Phi) is 4.14. The van der Waals surface area contributed by atoms with E-state index in [0.29, 0.717) is 6.54 Å². The SMILES string of the molecule is NC/C=C/c1ccc(CN2CCCC2)cc1. The maximum atomic E-state index is 5.42. The summed E-state index contributed by atoms with van der Waals surface area (Å²) in [5.74, 6) is 0. The summed E-state index contributed by atoms with van der Waals surface area (Å²) in [6.07, 6.45) is 6.77. The van der Waals surface area contributed by atoms with Gasteiger partial charge in [0.25, 0.3) is 0 Å². The summed E-state index contributed by atoms with van der Waals surface area (Å²) >= 11 is 0. The van der Waals surface area contributed by atoms with Crippen LogP contribution in [-0.4, -0.2) is 24.5 Å². The zero-order valence-corrected chi connectivity index (χ0v) is 9.73. The Hall–Kier alpha value is -1.12. The number of likely N-dealkylation sites (tertiary alicyclic amines) is 1. The highest BCUT2D eigenvalue weighted by atomic mass is 15.1. The zero-order chi connectivity index (χ0) is 11.2. The molecule has 2 N–H and O–H groups in total. The van der Waals surface area contributed by atoms with Gasteiger partial charge in [0, 0.05) is 13.1 Å². The van der Waals surface area contributed by atoms with Crippen molar-refractivity contribution >= 4 is 6.08 Å². The van der Waals surface area contributed by atoms with Gasteiger partial charge in [-0.2, -0.15) is 0 Å². The monoisotopic (exact) mass is 216 g/mol. The minimum absolute atomic E-state index is 0.607. The average molecular weight is 216 g/mol. The van der Waals surface area contributed by atoms with E-state index in [1.165, 1.54) is 37.1 Å². The summed E-state index contributed by atoms with van der Waals surface area (Å²) in [7, 11) is 0. The lowest BCUT2D eigenvalue weighted by atomic mass is 10.1. The topological polar surface area (TPSA) is 29.3 Å². The molecular formula is C14H20N2. The molecule has 0 aliphatic carbocycles. The van der Waals surface area contributed by atoms with Gasteiger partial charge < -0.3 is 5.73 Å². The van der Waals surface area contributed by atoms with Crippen molar-refractivity contribution in [3.05, 3.63) is 41.5 Å². The first-order valence-electron chi connectivity index (χ1n) is 6.06. The van der Waals surface area contributed by atoms with Gasteiger partial charge >= 0.3 is 0 Å². The van der Waals surface area contributed by atoms with Gasteiger partial charge in [0.2, 0.25) is 0 Å². The number of benzene rings is 1. The molecule has 0 aromatic heterocycles. The maximum Gasteiger partial charge on any atom is 0.0233 e. The van der Waals surface area contributed by atoms with Crippen molar-refractivity contribution in [1.82, 2.24) is 4.90 Å². The van der Waals surface area contributed by atoms with Crippen LogP contribution in [0.2, 0.25) is 0 Å². The van der Waals surface area contributed by atoms with Crippen molar-refractivity contribution in [2.75, 3.05) is 19.6 Å². The quantitative estimate of drug-likeness (QED) is 0.836. The fourth-order valence-electron chi connectivity index (χ4n) is 2.14. The molecule has 0 saturated carbocycles. The van der Waals surface area contributed by atoms with E-state index in [0.717, 1.165) is 6.54 Å². The molecule has 0 atom stereocenters. The molecular weight excluding hydrogens is 196 g/mol. The van der Waals surface area contributed by atoms with Crippen LogP contribution < -0.4 is 5.73 Å². The Balaban J connectivity index is 1.93. The number of hydrogen-bond acceptors (Lipinski definition) is 2. The largest absolute Gasteiger partial charge is 0.327 e. The second kappa shape index (κ2) is 5.83. The third kappa shape index (κ3) is 3.19. The molecule has 0 spiro atoms.